The SMILES string of the molecule is CC(C)(O)CCC[C@](C)(O)C1CC[C@@]2(O)C3CC(=O)[C@H]4CCCCC4(C)C3CCC12C. The molecule has 0 aromatic rings. The van der Waals surface area contributed by atoms with E-state index in [-0.39, 0.29) is 28.6 Å². The van der Waals surface area contributed by atoms with Crippen LogP contribution in [0.15, 0.2) is 0 Å². The van der Waals surface area contributed by atoms with E-state index >= 15 is 0 Å². The Bertz CT molecular complexity index is 709. The first-order chi connectivity index (χ1) is 14.2. The molecule has 5 unspecified atom stereocenters. The molecule has 8 atom stereocenters. The van der Waals surface area contributed by atoms with Crippen LogP contribution in [-0.4, -0.2) is 37.9 Å². The molecule has 178 valence electrons. The molecular weight excluding hydrogens is 388 g/mol. The second-order valence-electron chi connectivity index (χ2n) is 13.2. The van der Waals surface area contributed by atoms with Crippen molar-refractivity contribution in [1.82, 2.24) is 0 Å². The molecule has 4 nitrogen and oxygen atoms in total. The highest BCUT2D eigenvalue weighted by Crippen LogP contribution is 2.69. The van der Waals surface area contributed by atoms with Gasteiger partial charge in [0, 0.05) is 17.8 Å². The van der Waals surface area contributed by atoms with Gasteiger partial charge >= 0.3 is 0 Å². The fourth-order valence-electron chi connectivity index (χ4n) is 9.10. The van der Waals surface area contributed by atoms with Crippen molar-refractivity contribution in [1.29, 1.82) is 0 Å². The molecule has 0 saturated heterocycles. The third-order valence-corrected chi connectivity index (χ3v) is 10.8. The van der Waals surface area contributed by atoms with Gasteiger partial charge in [0.2, 0.25) is 0 Å². The van der Waals surface area contributed by atoms with E-state index in [1.54, 1.807) is 0 Å². The van der Waals surface area contributed by atoms with Crippen LogP contribution in [-0.2, 0) is 4.79 Å². The van der Waals surface area contributed by atoms with E-state index in [0.717, 1.165) is 38.5 Å². The van der Waals surface area contributed by atoms with Crippen LogP contribution in [0.1, 0.15) is 112 Å². The average Bonchev–Trinajstić information content (AvgIpc) is 2.93. The van der Waals surface area contributed by atoms with Crippen molar-refractivity contribution in [3.05, 3.63) is 0 Å². The van der Waals surface area contributed by atoms with Gasteiger partial charge in [0.05, 0.1) is 16.8 Å². The fraction of sp³-hybridized carbons (Fsp3) is 0.963. The predicted octanol–water partition coefficient (Wildman–Crippen LogP) is 5.02. The molecule has 0 bridgehead atoms. The lowest BCUT2D eigenvalue weighted by molar-refractivity contribution is -0.217. The van der Waals surface area contributed by atoms with Crippen LogP contribution in [0, 0.1) is 34.5 Å². The van der Waals surface area contributed by atoms with Crippen molar-refractivity contribution in [2.45, 2.75) is 128 Å². The number of fused-ring (bicyclic) bond motifs is 5. The Morgan fingerprint density at radius 1 is 0.935 bits per heavy atom. The van der Waals surface area contributed by atoms with Crippen molar-refractivity contribution >= 4 is 5.78 Å². The summed E-state index contributed by atoms with van der Waals surface area (Å²) in [5.74, 6) is 1.07. The normalized spacial score (nSPS) is 47.3. The van der Waals surface area contributed by atoms with Gasteiger partial charge in [0.15, 0.2) is 0 Å². The molecule has 4 heteroatoms. The van der Waals surface area contributed by atoms with E-state index in [0.29, 0.717) is 37.4 Å². The minimum atomic E-state index is -0.868. The third kappa shape index (κ3) is 3.64. The Morgan fingerprint density at radius 2 is 1.65 bits per heavy atom. The molecule has 3 N–H and O–H groups in total. The molecule has 0 heterocycles. The molecule has 0 aliphatic heterocycles. The molecule has 0 amide bonds. The summed E-state index contributed by atoms with van der Waals surface area (Å²) in [6.07, 6.45) is 10.7. The van der Waals surface area contributed by atoms with Gasteiger partial charge in [-0.15, -0.1) is 0 Å². The maximum Gasteiger partial charge on any atom is 0.136 e. The largest absolute Gasteiger partial charge is 0.390 e. The lowest BCUT2D eigenvalue weighted by Gasteiger charge is -2.63. The number of Topliss-reactive ketones (excluding diaryl/α,β-unsaturated/α-hetero) is 1. The molecule has 4 rings (SSSR count). The predicted molar refractivity (Wildman–Crippen MR) is 122 cm³/mol. The number of hydrogen-bond donors (Lipinski definition) is 3. The van der Waals surface area contributed by atoms with Crippen LogP contribution in [0.2, 0.25) is 0 Å². The summed E-state index contributed by atoms with van der Waals surface area (Å²) in [6, 6.07) is 0. The molecule has 4 aliphatic rings. The van der Waals surface area contributed by atoms with Gasteiger partial charge in [0.1, 0.15) is 5.78 Å². The van der Waals surface area contributed by atoms with E-state index < -0.39 is 16.8 Å². The highest BCUT2D eigenvalue weighted by molar-refractivity contribution is 5.83. The second kappa shape index (κ2) is 7.53. The lowest BCUT2D eigenvalue weighted by Crippen LogP contribution is -2.64. The van der Waals surface area contributed by atoms with Gasteiger partial charge in [-0.2, -0.15) is 0 Å². The molecule has 0 radical (unpaired) electrons. The highest BCUT2D eigenvalue weighted by Gasteiger charge is 2.69. The lowest BCUT2D eigenvalue weighted by atomic mass is 9.42. The van der Waals surface area contributed by atoms with Gasteiger partial charge in [-0.25, -0.2) is 0 Å². The van der Waals surface area contributed by atoms with Gasteiger partial charge in [0.25, 0.3) is 0 Å². The third-order valence-electron chi connectivity index (χ3n) is 10.8. The van der Waals surface area contributed by atoms with Crippen LogP contribution < -0.4 is 0 Å². The van der Waals surface area contributed by atoms with E-state index in [4.69, 9.17) is 0 Å². The standard InChI is InChI=1S/C27H46O4/c1-23(2,29)12-8-14-26(5,30)22-11-16-27(31)20-17-21(28)19-9-6-7-13-24(19,3)18(20)10-15-25(22,27)4/h18-20,22,29-31H,6-17H2,1-5H3/t18?,19-,20?,22?,24?,25?,26+,27-/m1/s1. The van der Waals surface area contributed by atoms with Crippen LogP contribution in [0.25, 0.3) is 0 Å². The number of aliphatic hydroxyl groups is 3. The molecule has 4 fully saturated rings. The van der Waals surface area contributed by atoms with Crippen LogP contribution in [0.3, 0.4) is 0 Å². The Balaban J connectivity index is 1.58. The average molecular weight is 435 g/mol. The zero-order chi connectivity index (χ0) is 22.9. The molecule has 4 saturated carbocycles. The summed E-state index contributed by atoms with van der Waals surface area (Å²) in [5, 5.41) is 33.9. The molecule has 0 aromatic heterocycles. The molecule has 4 aliphatic carbocycles. The van der Waals surface area contributed by atoms with Gasteiger partial charge in [-0.3, -0.25) is 4.79 Å². The van der Waals surface area contributed by atoms with Crippen LogP contribution in [0.4, 0.5) is 0 Å². The quantitative estimate of drug-likeness (QED) is 0.568. The van der Waals surface area contributed by atoms with E-state index in [1.807, 2.05) is 20.8 Å². The van der Waals surface area contributed by atoms with Crippen molar-refractivity contribution in [3.8, 4) is 0 Å². The number of carbonyl (C=O) groups is 1. The Morgan fingerprint density at radius 3 is 2.32 bits per heavy atom. The molecule has 0 aromatic carbocycles. The van der Waals surface area contributed by atoms with E-state index in [9.17, 15) is 20.1 Å². The van der Waals surface area contributed by atoms with E-state index in [1.165, 1.54) is 12.8 Å². The number of ketones is 1. The summed E-state index contributed by atoms with van der Waals surface area (Å²) in [5.41, 5.74) is -2.76. The maximum absolute atomic E-state index is 13.3. The van der Waals surface area contributed by atoms with Crippen molar-refractivity contribution in [2.75, 3.05) is 0 Å². The summed E-state index contributed by atoms with van der Waals surface area (Å²) >= 11 is 0. The topological polar surface area (TPSA) is 77.8 Å². The highest BCUT2D eigenvalue weighted by atomic mass is 16.3. The van der Waals surface area contributed by atoms with E-state index in [2.05, 4.69) is 13.8 Å². The van der Waals surface area contributed by atoms with Gasteiger partial charge in [-0.1, -0.05) is 26.7 Å². The number of hydrogen-bond acceptors (Lipinski definition) is 4. The number of carbonyl (C=O) groups excluding carboxylic acids is 1. The monoisotopic (exact) mass is 434 g/mol. The molecule has 31 heavy (non-hydrogen) atoms. The summed E-state index contributed by atoms with van der Waals surface area (Å²) in [7, 11) is 0. The Labute approximate surface area is 189 Å². The first kappa shape index (κ1) is 23.7. The van der Waals surface area contributed by atoms with Crippen LogP contribution >= 0.6 is 0 Å². The smallest absolute Gasteiger partial charge is 0.136 e. The zero-order valence-electron chi connectivity index (χ0n) is 20.5. The van der Waals surface area contributed by atoms with Crippen LogP contribution in [0.5, 0.6) is 0 Å². The Kier molecular flexibility index (Phi) is 5.76. The minimum absolute atomic E-state index is 0.0275. The van der Waals surface area contributed by atoms with Crippen molar-refractivity contribution in [3.63, 3.8) is 0 Å². The maximum atomic E-state index is 13.3. The number of rotatable bonds is 5. The van der Waals surface area contributed by atoms with Crippen molar-refractivity contribution in [2.24, 2.45) is 34.5 Å². The molecule has 0 spiro atoms. The summed E-state index contributed by atoms with van der Waals surface area (Å²) in [6.45, 7) is 10.1. The summed E-state index contributed by atoms with van der Waals surface area (Å²) < 4.78 is 0. The van der Waals surface area contributed by atoms with Gasteiger partial charge < -0.3 is 15.3 Å². The minimum Gasteiger partial charge on any atom is -0.390 e. The first-order valence-corrected chi connectivity index (χ1v) is 12.9. The Hall–Kier alpha value is -0.450. The zero-order valence-corrected chi connectivity index (χ0v) is 20.5. The second-order valence-corrected chi connectivity index (χ2v) is 13.2. The van der Waals surface area contributed by atoms with Gasteiger partial charge in [-0.05, 0) is 102 Å². The molecular formula is C27H46O4. The van der Waals surface area contributed by atoms with Crippen molar-refractivity contribution < 1.29 is 20.1 Å². The summed E-state index contributed by atoms with van der Waals surface area (Å²) in [4.78, 5) is 13.3. The first-order valence-electron chi connectivity index (χ1n) is 12.9. The fourth-order valence-corrected chi connectivity index (χ4v) is 9.10.